The first-order valence-electron chi connectivity index (χ1n) is 20.0. The summed E-state index contributed by atoms with van der Waals surface area (Å²) in [6, 6.07) is 45.5. The summed E-state index contributed by atoms with van der Waals surface area (Å²) in [5.74, 6) is -0.110. The number of carbonyl (C=O) groups excluding carboxylic acids is 4. The summed E-state index contributed by atoms with van der Waals surface area (Å²) in [5, 5.41) is 5.74. The van der Waals surface area contributed by atoms with Crippen LogP contribution in [0.3, 0.4) is 0 Å². The summed E-state index contributed by atoms with van der Waals surface area (Å²) in [7, 11) is 3.92. The Morgan fingerprint density at radius 2 is 0.905 bits per heavy atom. The van der Waals surface area contributed by atoms with Crippen LogP contribution in [0.1, 0.15) is 58.1 Å². The Hall–Kier alpha value is -7.51. The molecule has 0 unspecified atom stereocenters. The molecular weight excluding hydrogens is 843 g/mol. The SMILES string of the molecule is CN(C)c1cccc2c1C(=O)c1cccc3snc-2c13.O=C(Nc1ccc2snc3c2c1C(=O)c1ccccc1-3)c1ccccc1.O=C1c2ccccc2-c2nsc3cccc1c23. The molecule has 0 saturated carbocycles. The van der Waals surface area contributed by atoms with Gasteiger partial charge in [0.1, 0.15) is 0 Å². The Morgan fingerprint density at radius 1 is 0.444 bits per heavy atom. The Morgan fingerprint density at radius 3 is 1.52 bits per heavy atom. The summed E-state index contributed by atoms with van der Waals surface area (Å²) in [6.45, 7) is 0. The van der Waals surface area contributed by atoms with E-state index in [-0.39, 0.29) is 23.3 Å². The zero-order chi connectivity index (χ0) is 42.9. The van der Waals surface area contributed by atoms with Crippen molar-refractivity contribution in [1.82, 2.24) is 13.1 Å². The van der Waals surface area contributed by atoms with Crippen LogP contribution in [0.25, 0.3) is 64.0 Å². The maximum Gasteiger partial charge on any atom is 0.255 e. The topological polar surface area (TPSA) is 122 Å². The monoisotopic (exact) mass is 873 g/mol. The molecule has 3 heterocycles. The third-order valence-corrected chi connectivity index (χ3v) is 13.9. The van der Waals surface area contributed by atoms with E-state index < -0.39 is 0 Å². The predicted molar refractivity (Wildman–Crippen MR) is 254 cm³/mol. The molecule has 0 aliphatic heterocycles. The number of fused-ring (bicyclic) bond motifs is 6. The average Bonchev–Trinajstić information content (AvgIpc) is 4.09. The summed E-state index contributed by atoms with van der Waals surface area (Å²) in [5.41, 5.74) is 11.7. The summed E-state index contributed by atoms with van der Waals surface area (Å²) >= 11 is 4.28. The number of benzene rings is 7. The quantitative estimate of drug-likeness (QED) is 0.186. The maximum atomic E-state index is 13.2. The van der Waals surface area contributed by atoms with Gasteiger partial charge >= 0.3 is 0 Å². The molecule has 1 amide bonds. The lowest BCUT2D eigenvalue weighted by atomic mass is 9.86. The van der Waals surface area contributed by atoms with Gasteiger partial charge < -0.3 is 10.2 Å². The van der Waals surface area contributed by atoms with E-state index in [1.54, 1.807) is 18.2 Å². The summed E-state index contributed by atoms with van der Waals surface area (Å²) in [4.78, 5) is 53.0. The van der Waals surface area contributed by atoms with Gasteiger partial charge in [0.05, 0.1) is 48.0 Å². The number of nitrogens with one attached hydrogen (secondary N) is 1. The number of ketones is 3. The van der Waals surface area contributed by atoms with E-state index in [0.717, 1.165) is 92.0 Å². The number of anilines is 2. The van der Waals surface area contributed by atoms with Crippen LogP contribution in [0, 0.1) is 0 Å². The number of rotatable bonds is 3. The molecule has 63 heavy (non-hydrogen) atoms. The van der Waals surface area contributed by atoms with Crippen LogP contribution >= 0.6 is 34.6 Å². The van der Waals surface area contributed by atoms with Gasteiger partial charge in [-0.1, -0.05) is 103 Å². The van der Waals surface area contributed by atoms with Gasteiger partial charge in [-0.15, -0.1) is 0 Å². The van der Waals surface area contributed by atoms with Crippen LogP contribution in [0.15, 0.2) is 146 Å². The number of nitrogens with zero attached hydrogens (tertiary/aromatic N) is 4. The van der Waals surface area contributed by atoms with Gasteiger partial charge in [0.25, 0.3) is 5.91 Å². The second kappa shape index (κ2) is 15.1. The molecule has 302 valence electrons. The minimum atomic E-state index is -0.238. The molecule has 1 N–H and O–H groups in total. The van der Waals surface area contributed by atoms with E-state index in [0.29, 0.717) is 22.4 Å². The van der Waals surface area contributed by atoms with Crippen LogP contribution in [0.5, 0.6) is 0 Å². The van der Waals surface area contributed by atoms with Crippen molar-refractivity contribution < 1.29 is 19.2 Å². The zero-order valence-corrected chi connectivity index (χ0v) is 36.0. The normalized spacial score (nSPS) is 12.4. The minimum absolute atomic E-state index is 0.0812. The van der Waals surface area contributed by atoms with Crippen LogP contribution in [0.2, 0.25) is 0 Å². The molecule has 0 fully saturated rings. The highest BCUT2D eigenvalue weighted by molar-refractivity contribution is 7.14. The number of hydrogen-bond acceptors (Lipinski definition) is 11. The van der Waals surface area contributed by atoms with E-state index in [1.165, 1.54) is 34.6 Å². The van der Waals surface area contributed by atoms with Crippen LogP contribution in [-0.4, -0.2) is 50.5 Å². The molecule has 0 bridgehead atoms. The van der Waals surface area contributed by atoms with Crippen molar-refractivity contribution in [3.05, 3.63) is 185 Å². The molecule has 9 nitrogen and oxygen atoms in total. The number of carbonyl (C=O) groups is 4. The average molecular weight is 874 g/mol. The number of hydrogen-bond donors (Lipinski definition) is 1. The van der Waals surface area contributed by atoms with Gasteiger partial charge in [0, 0.05) is 80.4 Å². The minimum Gasteiger partial charge on any atom is -0.377 e. The van der Waals surface area contributed by atoms with Gasteiger partial charge in [0.15, 0.2) is 17.3 Å². The van der Waals surface area contributed by atoms with Crippen molar-refractivity contribution in [2.45, 2.75) is 0 Å². The van der Waals surface area contributed by atoms with Crippen molar-refractivity contribution >= 4 is 99.5 Å². The first-order valence-corrected chi connectivity index (χ1v) is 22.3. The highest BCUT2D eigenvalue weighted by Gasteiger charge is 2.32. The lowest BCUT2D eigenvalue weighted by Gasteiger charge is -2.22. The predicted octanol–water partition coefficient (Wildman–Crippen LogP) is 11.8. The fourth-order valence-electron chi connectivity index (χ4n) is 8.61. The van der Waals surface area contributed by atoms with Crippen LogP contribution in [0.4, 0.5) is 11.4 Å². The molecule has 0 spiro atoms. The molecule has 3 aliphatic carbocycles. The molecule has 0 radical (unpaired) electrons. The molecule has 3 aromatic heterocycles. The van der Waals surface area contributed by atoms with Crippen LogP contribution in [-0.2, 0) is 0 Å². The Labute approximate surface area is 372 Å². The van der Waals surface area contributed by atoms with Gasteiger partial charge in [-0.05, 0) is 77.1 Å². The molecule has 10 aromatic rings. The fourth-order valence-corrected chi connectivity index (χ4v) is 11.0. The van der Waals surface area contributed by atoms with Crippen LogP contribution < -0.4 is 10.2 Å². The lowest BCUT2D eigenvalue weighted by Crippen LogP contribution is -2.17. The molecular formula is C51H31N5O4S3. The van der Waals surface area contributed by atoms with Crippen molar-refractivity contribution in [3.63, 3.8) is 0 Å². The third-order valence-electron chi connectivity index (χ3n) is 11.5. The van der Waals surface area contributed by atoms with Gasteiger partial charge in [-0.3, -0.25) is 19.2 Å². The second-order valence-electron chi connectivity index (χ2n) is 15.3. The maximum absolute atomic E-state index is 13.2. The fraction of sp³-hybridized carbons (Fsp3) is 0.0392. The van der Waals surface area contributed by atoms with E-state index >= 15 is 0 Å². The number of amides is 1. The van der Waals surface area contributed by atoms with E-state index in [1.807, 2.05) is 146 Å². The third kappa shape index (κ3) is 6.13. The Kier molecular flexibility index (Phi) is 9.23. The molecule has 12 heteroatoms. The molecule has 7 aromatic carbocycles. The highest BCUT2D eigenvalue weighted by Crippen LogP contribution is 2.45. The van der Waals surface area contributed by atoms with E-state index in [9.17, 15) is 19.2 Å². The van der Waals surface area contributed by atoms with Gasteiger partial charge in [-0.25, -0.2) is 0 Å². The first-order chi connectivity index (χ1) is 30.8. The second-order valence-corrected chi connectivity index (χ2v) is 17.7. The smallest absolute Gasteiger partial charge is 0.255 e. The lowest BCUT2D eigenvalue weighted by molar-refractivity contribution is 0.102. The molecule has 0 atom stereocenters. The zero-order valence-electron chi connectivity index (χ0n) is 33.5. The van der Waals surface area contributed by atoms with Crippen molar-refractivity contribution in [2.24, 2.45) is 0 Å². The van der Waals surface area contributed by atoms with E-state index in [2.05, 4.69) is 18.4 Å². The van der Waals surface area contributed by atoms with Crippen molar-refractivity contribution in [3.8, 4) is 33.8 Å². The Bertz CT molecular complexity index is 3570. The van der Waals surface area contributed by atoms with Crippen molar-refractivity contribution in [1.29, 1.82) is 0 Å². The molecule has 13 rings (SSSR count). The standard InChI is InChI=1S/C21H12N2O2S.C16H12N2OS.C14H7NOS/c24-20-14-9-5-4-8-13(14)19-18-16(26-23-19)11-10-15(17(18)20)22-21(25)12-6-2-1-3-7-12;1-18(2)11-7-3-5-9-13(11)16(19)10-6-4-8-12-14(10)15(9)17-20-12;16-14-9-5-2-1-4-8(9)13-12-10(14)6-3-7-11(12)17-15-13/h1-11H,(H,22,25);3-8H,1-2H3;1-7H. The van der Waals surface area contributed by atoms with Gasteiger partial charge in [-0.2, -0.15) is 13.1 Å². The summed E-state index contributed by atoms with van der Waals surface area (Å²) in [6.07, 6.45) is 0. The number of aromatic nitrogens is 3. The molecule has 0 saturated heterocycles. The largest absolute Gasteiger partial charge is 0.377 e. The molecule has 3 aliphatic rings. The van der Waals surface area contributed by atoms with E-state index in [4.69, 9.17) is 0 Å². The summed E-state index contributed by atoms with van der Waals surface area (Å²) < 4.78 is 16.7. The highest BCUT2D eigenvalue weighted by atomic mass is 32.1. The first kappa shape index (κ1) is 38.4. The Balaban J connectivity index is 0.000000108. The van der Waals surface area contributed by atoms with Gasteiger partial charge in [0.2, 0.25) is 0 Å². The van der Waals surface area contributed by atoms with Crippen molar-refractivity contribution in [2.75, 3.05) is 24.3 Å².